The summed E-state index contributed by atoms with van der Waals surface area (Å²) in [6.07, 6.45) is 2.11. The summed E-state index contributed by atoms with van der Waals surface area (Å²) in [5, 5.41) is 8.73. The first kappa shape index (κ1) is 23.5. The first-order valence-electron chi connectivity index (χ1n) is 11.0. The number of amides is 1. The number of rotatable bonds is 10. The fourth-order valence-electron chi connectivity index (χ4n) is 3.53. The largest absolute Gasteiger partial charge is 0.467 e. The van der Waals surface area contributed by atoms with Gasteiger partial charge in [0.15, 0.2) is 10.9 Å². The van der Waals surface area contributed by atoms with Crippen molar-refractivity contribution >= 4 is 23.5 Å². The van der Waals surface area contributed by atoms with E-state index in [1.165, 1.54) is 11.8 Å². The second-order valence-electron chi connectivity index (χ2n) is 8.17. The lowest BCUT2D eigenvalue weighted by Gasteiger charge is -2.17. The number of aromatic nitrogens is 3. The molecule has 1 amide bonds. The maximum absolute atomic E-state index is 13.6. The maximum Gasteiger partial charge on any atom is 0.217 e. The van der Waals surface area contributed by atoms with Crippen molar-refractivity contribution in [1.82, 2.24) is 14.8 Å². The van der Waals surface area contributed by atoms with Gasteiger partial charge in [0.1, 0.15) is 16.8 Å². The number of aryl methyl sites for hydroxylation is 3. The summed E-state index contributed by atoms with van der Waals surface area (Å²) in [5.74, 6) is 0.913. The standard InChI is InChI=1S/C26H26N4O3S/c1-17-5-9-19(10-6-17)24(32)25(20-11-7-18(2)8-12-20)34-26-29-28-23(14-13-22(27)31)30(26)16-21-4-3-15-33-21/h3-12,15,25H,13-14,16H2,1-2H3,(H2,27,31). The van der Waals surface area contributed by atoms with E-state index in [9.17, 15) is 9.59 Å². The molecule has 7 nitrogen and oxygen atoms in total. The summed E-state index contributed by atoms with van der Waals surface area (Å²) in [6.45, 7) is 4.39. The predicted octanol–water partition coefficient (Wildman–Crippen LogP) is 4.67. The number of hydrogen-bond donors (Lipinski definition) is 1. The van der Waals surface area contributed by atoms with Crippen molar-refractivity contribution in [2.75, 3.05) is 0 Å². The number of thioether (sulfide) groups is 1. The molecule has 4 rings (SSSR count). The molecule has 2 N–H and O–H groups in total. The number of hydrogen-bond acceptors (Lipinski definition) is 6. The highest BCUT2D eigenvalue weighted by molar-refractivity contribution is 8.00. The molecule has 0 saturated carbocycles. The number of primary amides is 1. The number of carbonyl (C=O) groups is 2. The van der Waals surface area contributed by atoms with Gasteiger partial charge in [0.05, 0.1) is 12.8 Å². The Bertz CT molecular complexity index is 1260. The molecule has 174 valence electrons. The average molecular weight is 475 g/mol. The molecule has 0 spiro atoms. The van der Waals surface area contributed by atoms with Crippen LogP contribution in [-0.4, -0.2) is 26.5 Å². The number of furan rings is 1. The summed E-state index contributed by atoms with van der Waals surface area (Å²) < 4.78 is 7.41. The van der Waals surface area contributed by atoms with Crippen LogP contribution in [0.5, 0.6) is 0 Å². The van der Waals surface area contributed by atoms with Crippen molar-refractivity contribution in [2.24, 2.45) is 5.73 Å². The Morgan fingerprint density at radius 3 is 2.29 bits per heavy atom. The van der Waals surface area contributed by atoms with Crippen molar-refractivity contribution in [3.63, 3.8) is 0 Å². The van der Waals surface area contributed by atoms with E-state index in [4.69, 9.17) is 10.2 Å². The molecule has 2 heterocycles. The van der Waals surface area contributed by atoms with E-state index in [0.717, 1.165) is 22.5 Å². The van der Waals surface area contributed by atoms with E-state index in [0.29, 0.717) is 29.5 Å². The van der Waals surface area contributed by atoms with Crippen LogP contribution >= 0.6 is 11.8 Å². The highest BCUT2D eigenvalue weighted by atomic mass is 32.2. The Morgan fingerprint density at radius 2 is 1.68 bits per heavy atom. The first-order valence-corrected chi connectivity index (χ1v) is 11.9. The molecule has 0 saturated heterocycles. The topological polar surface area (TPSA) is 104 Å². The van der Waals surface area contributed by atoms with E-state index < -0.39 is 11.2 Å². The fourth-order valence-corrected chi connectivity index (χ4v) is 4.66. The van der Waals surface area contributed by atoms with Gasteiger partial charge < -0.3 is 10.2 Å². The molecule has 0 aliphatic carbocycles. The van der Waals surface area contributed by atoms with E-state index in [2.05, 4.69) is 10.2 Å². The zero-order chi connectivity index (χ0) is 24.1. The van der Waals surface area contributed by atoms with Crippen LogP contribution in [-0.2, 0) is 17.8 Å². The number of ketones is 1. The van der Waals surface area contributed by atoms with Gasteiger partial charge in [-0.1, -0.05) is 71.4 Å². The lowest BCUT2D eigenvalue weighted by Crippen LogP contribution is -2.15. The van der Waals surface area contributed by atoms with Crippen LogP contribution in [0.2, 0.25) is 0 Å². The monoisotopic (exact) mass is 474 g/mol. The average Bonchev–Trinajstić information content (AvgIpc) is 3.47. The molecule has 0 fully saturated rings. The number of benzene rings is 2. The smallest absolute Gasteiger partial charge is 0.217 e. The second-order valence-corrected chi connectivity index (χ2v) is 9.24. The molecular weight excluding hydrogens is 448 g/mol. The van der Waals surface area contributed by atoms with Crippen molar-refractivity contribution in [1.29, 1.82) is 0 Å². The van der Waals surface area contributed by atoms with Gasteiger partial charge in [0, 0.05) is 18.4 Å². The molecule has 0 aliphatic rings. The minimum absolute atomic E-state index is 0.0138. The third-order valence-electron chi connectivity index (χ3n) is 5.46. The third kappa shape index (κ3) is 5.63. The van der Waals surface area contributed by atoms with Gasteiger partial charge in [-0.05, 0) is 31.5 Å². The van der Waals surface area contributed by atoms with Gasteiger partial charge in [-0.2, -0.15) is 0 Å². The van der Waals surface area contributed by atoms with Crippen LogP contribution in [0.4, 0.5) is 0 Å². The van der Waals surface area contributed by atoms with Crippen LogP contribution in [0, 0.1) is 13.8 Å². The Hall–Kier alpha value is -3.65. The number of nitrogens with zero attached hydrogens (tertiary/aromatic N) is 3. The molecule has 1 atom stereocenters. The van der Waals surface area contributed by atoms with E-state index >= 15 is 0 Å². The molecule has 0 bridgehead atoms. The van der Waals surface area contributed by atoms with Crippen molar-refractivity contribution in [3.8, 4) is 0 Å². The highest BCUT2D eigenvalue weighted by Crippen LogP contribution is 2.38. The number of nitrogens with two attached hydrogens (primary N) is 1. The van der Waals surface area contributed by atoms with Gasteiger partial charge in [0.2, 0.25) is 5.91 Å². The minimum Gasteiger partial charge on any atom is -0.467 e. The molecule has 0 aliphatic heterocycles. The van der Waals surface area contributed by atoms with Gasteiger partial charge in [-0.25, -0.2) is 0 Å². The van der Waals surface area contributed by atoms with E-state index in [-0.39, 0.29) is 12.2 Å². The molecular formula is C26H26N4O3S. The van der Waals surface area contributed by atoms with Crippen molar-refractivity contribution in [2.45, 2.75) is 43.6 Å². The highest BCUT2D eigenvalue weighted by Gasteiger charge is 2.27. The lowest BCUT2D eigenvalue weighted by atomic mass is 10.0. The predicted molar refractivity (Wildman–Crippen MR) is 131 cm³/mol. The van der Waals surface area contributed by atoms with E-state index in [1.807, 2.05) is 79.1 Å². The normalized spacial score (nSPS) is 11.9. The SMILES string of the molecule is Cc1ccc(C(=O)C(Sc2nnc(CCC(N)=O)n2Cc2ccco2)c2ccc(C)cc2)cc1. The van der Waals surface area contributed by atoms with Crippen molar-refractivity contribution in [3.05, 3.63) is 101 Å². The lowest BCUT2D eigenvalue weighted by molar-refractivity contribution is -0.118. The Balaban J connectivity index is 1.71. The maximum atomic E-state index is 13.6. The van der Waals surface area contributed by atoms with Crippen LogP contribution < -0.4 is 5.73 Å². The minimum atomic E-state index is -0.521. The van der Waals surface area contributed by atoms with Gasteiger partial charge >= 0.3 is 0 Å². The molecule has 34 heavy (non-hydrogen) atoms. The Morgan fingerprint density at radius 1 is 1.00 bits per heavy atom. The summed E-state index contributed by atoms with van der Waals surface area (Å²) in [5.41, 5.74) is 9.07. The van der Waals surface area contributed by atoms with E-state index in [1.54, 1.807) is 6.26 Å². The second kappa shape index (κ2) is 10.5. The molecule has 8 heteroatoms. The van der Waals surface area contributed by atoms with Crippen molar-refractivity contribution < 1.29 is 14.0 Å². The zero-order valence-electron chi connectivity index (χ0n) is 19.1. The molecule has 0 radical (unpaired) electrons. The Kier molecular flexibility index (Phi) is 7.27. The molecule has 4 aromatic rings. The summed E-state index contributed by atoms with van der Waals surface area (Å²) in [7, 11) is 0. The van der Waals surface area contributed by atoms with Crippen LogP contribution in [0.3, 0.4) is 0 Å². The zero-order valence-corrected chi connectivity index (χ0v) is 19.9. The third-order valence-corrected chi connectivity index (χ3v) is 6.69. The van der Waals surface area contributed by atoms with Gasteiger partial charge in [-0.3, -0.25) is 14.2 Å². The van der Waals surface area contributed by atoms with Crippen LogP contribution in [0.15, 0.2) is 76.5 Å². The summed E-state index contributed by atoms with van der Waals surface area (Å²) in [4.78, 5) is 25.0. The molecule has 1 unspecified atom stereocenters. The summed E-state index contributed by atoms with van der Waals surface area (Å²) >= 11 is 1.34. The Labute approximate surface area is 202 Å². The van der Waals surface area contributed by atoms with Gasteiger partial charge in [0.25, 0.3) is 0 Å². The van der Waals surface area contributed by atoms with Crippen LogP contribution in [0.25, 0.3) is 0 Å². The molecule has 2 aromatic heterocycles. The summed E-state index contributed by atoms with van der Waals surface area (Å²) in [6, 6.07) is 19.2. The first-order chi connectivity index (χ1) is 16.4. The quantitative estimate of drug-likeness (QED) is 0.265. The fraction of sp³-hybridized carbons (Fsp3) is 0.231. The molecule has 2 aromatic carbocycles. The number of Topliss-reactive ketones (excluding diaryl/α,β-unsaturated/α-hetero) is 1. The number of carbonyl (C=O) groups excluding carboxylic acids is 2. The van der Waals surface area contributed by atoms with Gasteiger partial charge in [-0.15, -0.1) is 10.2 Å². The van der Waals surface area contributed by atoms with Crippen LogP contribution in [0.1, 0.15) is 50.3 Å².